The number of Topliss-reactive ketones (excluding diaryl/α,β-unsaturated/α-hetero) is 2. The maximum absolute atomic E-state index is 13.3. The summed E-state index contributed by atoms with van der Waals surface area (Å²) in [6.07, 6.45) is 3.30. The van der Waals surface area contributed by atoms with Crippen LogP contribution in [0.15, 0.2) is 60.7 Å². The Kier molecular flexibility index (Phi) is 41.3. The van der Waals surface area contributed by atoms with E-state index in [1.54, 1.807) is 56.1 Å². The average molecular weight is 1320 g/mol. The third kappa shape index (κ3) is 49.2. The van der Waals surface area contributed by atoms with Crippen LogP contribution in [0.1, 0.15) is 161 Å². The first-order valence-electron chi connectivity index (χ1n) is 29.2. The van der Waals surface area contributed by atoms with Gasteiger partial charge in [-0.1, -0.05) is 102 Å². The van der Waals surface area contributed by atoms with E-state index in [4.69, 9.17) is 50.1 Å². The molecule has 0 bridgehead atoms. The minimum atomic E-state index is -1.05. The second-order valence-electron chi connectivity index (χ2n) is 26.5. The molecule has 0 unspecified atom stereocenters. The molecule has 6 atom stereocenters. The fourth-order valence-corrected chi connectivity index (χ4v) is 9.20. The number of carboxylic acid groups (broad SMARTS) is 2. The van der Waals surface area contributed by atoms with Gasteiger partial charge in [0.25, 0.3) is 0 Å². The van der Waals surface area contributed by atoms with E-state index in [0.717, 1.165) is 16.9 Å². The number of benzene rings is 2. The van der Waals surface area contributed by atoms with E-state index in [1.165, 1.54) is 11.8 Å². The fourth-order valence-electron chi connectivity index (χ4n) is 6.33. The molecule has 0 aromatic heterocycles. The number of hydrogen-bond donors (Lipinski definition) is 6. The molecule has 0 aliphatic carbocycles. The monoisotopic (exact) mass is 1320 g/mol. The number of carbonyl (C=O) groups is 8. The first-order valence-corrected chi connectivity index (χ1v) is 34.0. The predicted molar refractivity (Wildman–Crippen MR) is 358 cm³/mol. The molecule has 0 heterocycles. The number of hydrogen-bond acceptors (Lipinski definition) is 20. The number of alkyl carbamates (subject to hydrolysis) is 2. The van der Waals surface area contributed by atoms with Crippen molar-refractivity contribution >= 4 is 94.7 Å². The lowest BCUT2D eigenvalue weighted by Gasteiger charge is -2.28. The molecule has 20 nitrogen and oxygen atoms in total. The smallest absolute Gasteiger partial charge is 0.408 e. The van der Waals surface area contributed by atoms with E-state index in [0.29, 0.717) is 30.1 Å². The van der Waals surface area contributed by atoms with Gasteiger partial charge in [-0.2, -0.15) is 47.0 Å². The maximum Gasteiger partial charge on any atom is 0.408 e. The van der Waals surface area contributed by atoms with Gasteiger partial charge in [-0.05, 0) is 131 Å². The molecule has 24 heteroatoms. The quantitative estimate of drug-likeness (QED) is 0.0313. The highest BCUT2D eigenvalue weighted by molar-refractivity contribution is 8.00. The van der Waals surface area contributed by atoms with Gasteiger partial charge in [-0.25, -0.2) is 14.4 Å². The van der Waals surface area contributed by atoms with Crippen LogP contribution in [0.5, 0.6) is 0 Å². The van der Waals surface area contributed by atoms with Crippen LogP contribution in [0.25, 0.3) is 0 Å². The lowest BCUT2D eigenvalue weighted by molar-refractivity contribution is -0.161. The summed E-state index contributed by atoms with van der Waals surface area (Å²) in [5.74, 6) is -1.94. The van der Waals surface area contributed by atoms with Crippen LogP contribution >= 0.6 is 47.0 Å². The van der Waals surface area contributed by atoms with Crippen LogP contribution < -0.4 is 22.1 Å². The second kappa shape index (κ2) is 42.5. The number of thioether (sulfide) groups is 4. The lowest BCUT2D eigenvalue weighted by atomic mass is 9.99. The third-order valence-electron chi connectivity index (χ3n) is 10.9. The molecular weight excluding hydrogens is 1210 g/mol. The van der Waals surface area contributed by atoms with Crippen molar-refractivity contribution in [2.75, 3.05) is 48.7 Å². The molecule has 0 fully saturated rings. The number of nitrogens with one attached hydrogen (secondary N) is 2. The molecule has 0 spiro atoms. The van der Waals surface area contributed by atoms with Crippen molar-refractivity contribution in [1.82, 2.24) is 10.6 Å². The van der Waals surface area contributed by atoms with Crippen molar-refractivity contribution in [3.8, 4) is 0 Å². The van der Waals surface area contributed by atoms with Gasteiger partial charge in [-0.3, -0.25) is 24.0 Å². The van der Waals surface area contributed by atoms with Crippen molar-refractivity contribution < 1.29 is 77.0 Å². The molecule has 0 saturated carbocycles. The van der Waals surface area contributed by atoms with E-state index in [-0.39, 0.29) is 71.9 Å². The first kappa shape index (κ1) is 85.5. The normalized spacial score (nSPS) is 13.9. The average Bonchev–Trinajstić information content (AvgIpc) is 3.46. The lowest BCUT2D eigenvalue weighted by Crippen LogP contribution is -2.47. The number of nitrogens with two attached hydrogens (primary N) is 2. The largest absolute Gasteiger partial charge is 0.480 e. The Morgan fingerprint density at radius 3 is 1.18 bits per heavy atom. The van der Waals surface area contributed by atoms with Gasteiger partial charge >= 0.3 is 36.1 Å². The molecule has 8 N–H and O–H groups in total. The Balaban J connectivity index is 0. The number of carboxylic acids is 2. The van der Waals surface area contributed by atoms with Crippen molar-refractivity contribution in [3.05, 3.63) is 71.8 Å². The number of aliphatic carboxylic acids is 2. The van der Waals surface area contributed by atoms with Crippen LogP contribution in [0.4, 0.5) is 9.59 Å². The topological polar surface area (TPSA) is 309 Å². The highest BCUT2D eigenvalue weighted by Gasteiger charge is 2.34. The van der Waals surface area contributed by atoms with Crippen molar-refractivity contribution in [2.24, 2.45) is 23.3 Å². The molecule has 0 radical (unpaired) electrons. The summed E-state index contributed by atoms with van der Waals surface area (Å²) < 4.78 is 32.6. The van der Waals surface area contributed by atoms with Crippen molar-refractivity contribution in [1.29, 1.82) is 0 Å². The zero-order valence-electron chi connectivity index (χ0n) is 56.1. The van der Waals surface area contributed by atoms with Crippen LogP contribution in [0, 0.1) is 11.8 Å². The van der Waals surface area contributed by atoms with Gasteiger partial charge in [0, 0.05) is 33.8 Å². The van der Waals surface area contributed by atoms with E-state index in [9.17, 15) is 38.4 Å². The number of ether oxygens (including phenoxy) is 6. The summed E-state index contributed by atoms with van der Waals surface area (Å²) in [5, 5.41) is 22.2. The number of rotatable bonds is 30. The van der Waals surface area contributed by atoms with Gasteiger partial charge in [0.05, 0.1) is 42.3 Å². The van der Waals surface area contributed by atoms with E-state index in [1.807, 2.05) is 135 Å². The van der Waals surface area contributed by atoms with E-state index < -0.39 is 82.9 Å². The minimum Gasteiger partial charge on any atom is -0.480 e. The van der Waals surface area contributed by atoms with Crippen LogP contribution in [0.2, 0.25) is 0 Å². The molecule has 2 rings (SSSR count). The van der Waals surface area contributed by atoms with Gasteiger partial charge < -0.3 is 60.7 Å². The number of esters is 2. The molecule has 0 saturated heterocycles. The Labute approximate surface area is 542 Å². The zero-order valence-corrected chi connectivity index (χ0v) is 59.4. The van der Waals surface area contributed by atoms with Gasteiger partial charge in [0.15, 0.2) is 11.6 Å². The maximum atomic E-state index is 13.3. The zero-order chi connectivity index (χ0) is 68.3. The Hall–Kier alpha value is -4.56. The molecule has 2 aromatic rings. The molecule has 0 aliphatic rings. The summed E-state index contributed by atoms with van der Waals surface area (Å²) in [6, 6.07) is 15.2. The summed E-state index contributed by atoms with van der Waals surface area (Å²) in [5.41, 5.74) is 10.7. The highest BCUT2D eigenvalue weighted by atomic mass is 32.2. The highest BCUT2D eigenvalue weighted by Crippen LogP contribution is 2.30. The SMILES string of the molecule is CC(C)(C)OC[C@H](N)C(=O)C[C@@H](CSC(C)(C)C)C(=O)OC(C)(C)C.CC(C)(C)OC[C@H](NC(=O)OCc1ccccc1)C(=O)C[C@@H](CSC(C)(C)C)C(=O)OC(C)(C)C.CSCC[C@H](N)C(=O)O.CSCC[C@H](NC(=O)OCc1ccccc1)C(=O)O. The van der Waals surface area contributed by atoms with Crippen molar-refractivity contribution in [2.45, 2.75) is 220 Å². The van der Waals surface area contributed by atoms with E-state index >= 15 is 0 Å². The molecule has 0 aliphatic heterocycles. The van der Waals surface area contributed by atoms with Crippen LogP contribution in [0.3, 0.4) is 0 Å². The van der Waals surface area contributed by atoms with Crippen LogP contribution in [-0.4, -0.2) is 163 Å². The number of ketones is 2. The molecule has 504 valence electrons. The number of amides is 2. The molecular formula is C64H108N4O16S4. The van der Waals surface area contributed by atoms with Crippen molar-refractivity contribution in [3.63, 3.8) is 0 Å². The Morgan fingerprint density at radius 1 is 0.477 bits per heavy atom. The number of carbonyl (C=O) groups excluding carboxylic acids is 6. The first-order chi connectivity index (χ1) is 40.3. The summed E-state index contributed by atoms with van der Waals surface area (Å²) in [7, 11) is 0. The minimum absolute atomic E-state index is 0.000766. The third-order valence-corrected chi connectivity index (χ3v) is 15.0. The Bertz CT molecular complexity index is 2360. The van der Waals surface area contributed by atoms with Gasteiger partial charge in [0.1, 0.15) is 42.5 Å². The van der Waals surface area contributed by atoms with E-state index in [2.05, 4.69) is 52.2 Å². The summed E-state index contributed by atoms with van der Waals surface area (Å²) >= 11 is 6.37. The fraction of sp³-hybridized carbons (Fsp3) is 0.688. The van der Waals surface area contributed by atoms with Gasteiger partial charge in [-0.15, -0.1) is 0 Å². The summed E-state index contributed by atoms with van der Waals surface area (Å²) in [4.78, 5) is 96.1. The molecule has 2 amide bonds. The molecule has 2 aromatic carbocycles. The van der Waals surface area contributed by atoms with Crippen LogP contribution in [-0.2, 0) is 70.4 Å². The standard InChI is InChI=1S/C27H43NO6S.C19H37NO4S.C13H17NO4S.C5H11NO2S/c1-25(2,3)33-17-21(28-24(31)32-16-19-13-11-10-12-14-19)22(29)15-20(18-35-27(7,8)9)23(30)34-26(4,5)6;1-17(2,3)23-11-14(20)15(21)10-13(12-25-19(7,8)9)16(22)24-18(4,5)6;1-19-8-7-11(12(15)16)14-13(17)18-9-10-5-3-2-4-6-10;1-9-3-2-4(6)5(7)8/h10-14,20-21H,15-18H2,1-9H3,(H,28,31);13-14H,10-12,20H2,1-9H3;2-6,11H,7-9H2,1H3,(H,14,17)(H,15,16);4H,2-3,6H2,1H3,(H,7,8)/t20-,21-;13-,14-;11-;4-/m0000/s1. The predicted octanol–water partition coefficient (Wildman–Crippen LogP) is 11.4. The second-order valence-corrected chi connectivity index (χ2v) is 32.1. The van der Waals surface area contributed by atoms with Gasteiger partial charge in [0.2, 0.25) is 0 Å². The Morgan fingerprint density at radius 2 is 0.841 bits per heavy atom. The summed E-state index contributed by atoms with van der Waals surface area (Å²) in [6.45, 7) is 34.9. The molecule has 88 heavy (non-hydrogen) atoms.